The van der Waals surface area contributed by atoms with Gasteiger partial charge in [-0.25, -0.2) is 12.8 Å². The molecule has 0 spiro atoms. The summed E-state index contributed by atoms with van der Waals surface area (Å²) in [4.78, 5) is -0.134. The summed E-state index contributed by atoms with van der Waals surface area (Å²) in [6, 6.07) is 13.7. The number of β-amino-alcohol motifs (C(OH)–C–C–N with tert-alkyl or cyclic N) is 1. The zero-order valence-electron chi connectivity index (χ0n) is 12.2. The van der Waals surface area contributed by atoms with Crippen LogP contribution in [-0.4, -0.2) is 43.1 Å². The van der Waals surface area contributed by atoms with Gasteiger partial charge in [-0.2, -0.15) is 4.31 Å². The molecule has 1 aliphatic heterocycles. The molecule has 2 atom stereocenters. The zero-order chi connectivity index (χ0) is 16.4. The van der Waals surface area contributed by atoms with Crippen LogP contribution in [0, 0.1) is 5.82 Å². The molecule has 0 radical (unpaired) electrons. The smallest absolute Gasteiger partial charge is 0.243 e. The first-order valence-corrected chi connectivity index (χ1v) is 8.56. The molecule has 5 nitrogen and oxygen atoms in total. The topological polar surface area (TPSA) is 66.8 Å². The summed E-state index contributed by atoms with van der Waals surface area (Å²) in [5, 5.41) is 10.1. The Labute approximate surface area is 134 Å². The normalized spacial score (nSPS) is 22.2. The lowest BCUT2D eigenvalue weighted by Crippen LogP contribution is -2.31. The van der Waals surface area contributed by atoms with Crippen molar-refractivity contribution in [2.75, 3.05) is 13.1 Å². The van der Waals surface area contributed by atoms with E-state index in [1.807, 2.05) is 6.07 Å². The number of hydrogen-bond acceptors (Lipinski definition) is 4. The van der Waals surface area contributed by atoms with Crippen LogP contribution in [0.15, 0.2) is 59.5 Å². The van der Waals surface area contributed by atoms with Gasteiger partial charge in [0.2, 0.25) is 10.0 Å². The number of sulfonamides is 1. The molecule has 2 aromatic rings. The Morgan fingerprint density at radius 1 is 1.09 bits per heavy atom. The van der Waals surface area contributed by atoms with E-state index in [1.165, 1.54) is 18.2 Å². The van der Waals surface area contributed by atoms with Crippen LogP contribution in [0.1, 0.15) is 0 Å². The van der Waals surface area contributed by atoms with Gasteiger partial charge in [0.1, 0.15) is 23.8 Å². The Hall–Kier alpha value is -1.96. The second-order valence-electron chi connectivity index (χ2n) is 5.32. The van der Waals surface area contributed by atoms with Gasteiger partial charge in [-0.05, 0) is 30.3 Å². The first kappa shape index (κ1) is 15.9. The fourth-order valence-corrected chi connectivity index (χ4v) is 3.99. The van der Waals surface area contributed by atoms with E-state index in [4.69, 9.17) is 4.74 Å². The molecule has 0 amide bonds. The number of para-hydroxylation sites is 1. The molecule has 0 aromatic heterocycles. The van der Waals surface area contributed by atoms with Crippen LogP contribution >= 0.6 is 0 Å². The SMILES string of the molecule is O=S(=O)(c1cccc(F)c1)N1C[C@@H](O)[C@H](Oc2ccccc2)C1. The van der Waals surface area contributed by atoms with Crippen molar-refractivity contribution in [2.45, 2.75) is 17.1 Å². The van der Waals surface area contributed by atoms with Gasteiger partial charge in [-0.3, -0.25) is 0 Å². The Balaban J connectivity index is 1.77. The Morgan fingerprint density at radius 2 is 1.83 bits per heavy atom. The number of nitrogens with zero attached hydrogens (tertiary/aromatic N) is 1. The van der Waals surface area contributed by atoms with E-state index in [0.717, 1.165) is 10.4 Å². The molecular formula is C16H16FNO4S. The summed E-state index contributed by atoms with van der Waals surface area (Å²) in [5.74, 6) is -0.0653. The molecule has 3 rings (SSSR count). The molecule has 7 heteroatoms. The molecule has 23 heavy (non-hydrogen) atoms. The lowest BCUT2D eigenvalue weighted by Gasteiger charge is -2.17. The second-order valence-corrected chi connectivity index (χ2v) is 7.25. The summed E-state index contributed by atoms with van der Waals surface area (Å²) < 4.78 is 45.1. The minimum absolute atomic E-state index is 0.00884. The maximum atomic E-state index is 13.3. The van der Waals surface area contributed by atoms with Crippen LogP contribution in [0.4, 0.5) is 4.39 Å². The Bertz CT molecular complexity index is 782. The lowest BCUT2D eigenvalue weighted by molar-refractivity contribution is 0.0737. The molecule has 0 saturated carbocycles. The van der Waals surface area contributed by atoms with Crippen LogP contribution in [0.3, 0.4) is 0 Å². The van der Waals surface area contributed by atoms with E-state index in [0.29, 0.717) is 5.75 Å². The van der Waals surface area contributed by atoms with Crippen molar-refractivity contribution in [2.24, 2.45) is 0 Å². The standard InChI is InChI=1S/C16H16FNO4S/c17-12-5-4-8-14(9-12)23(20,21)18-10-15(19)16(11-18)22-13-6-2-1-3-7-13/h1-9,15-16,19H,10-11H2/t15-,16-/m1/s1. The first-order chi connectivity index (χ1) is 11.0. The maximum Gasteiger partial charge on any atom is 0.243 e. The van der Waals surface area contributed by atoms with E-state index in [9.17, 15) is 17.9 Å². The highest BCUT2D eigenvalue weighted by Crippen LogP contribution is 2.24. The number of benzene rings is 2. The van der Waals surface area contributed by atoms with Gasteiger partial charge >= 0.3 is 0 Å². The van der Waals surface area contributed by atoms with Gasteiger partial charge < -0.3 is 9.84 Å². The summed E-state index contributed by atoms with van der Waals surface area (Å²) in [6.07, 6.45) is -1.61. The van der Waals surface area contributed by atoms with Crippen LogP contribution in [0.25, 0.3) is 0 Å². The minimum Gasteiger partial charge on any atom is -0.486 e. The molecular weight excluding hydrogens is 321 g/mol. The number of aliphatic hydroxyl groups excluding tert-OH is 1. The highest BCUT2D eigenvalue weighted by atomic mass is 32.2. The predicted octanol–water partition coefficient (Wildman–Crippen LogP) is 1.64. The number of rotatable bonds is 4. The molecule has 1 heterocycles. The predicted molar refractivity (Wildman–Crippen MR) is 82.0 cm³/mol. The van der Waals surface area contributed by atoms with Crippen LogP contribution < -0.4 is 4.74 Å². The van der Waals surface area contributed by atoms with E-state index < -0.39 is 28.0 Å². The molecule has 1 fully saturated rings. The van der Waals surface area contributed by atoms with Gasteiger partial charge in [0.15, 0.2) is 0 Å². The Kier molecular flexibility index (Phi) is 4.34. The average molecular weight is 337 g/mol. The van der Waals surface area contributed by atoms with Gasteiger partial charge in [0, 0.05) is 6.54 Å². The van der Waals surface area contributed by atoms with Crippen molar-refractivity contribution in [3.05, 3.63) is 60.4 Å². The van der Waals surface area contributed by atoms with Crippen LogP contribution in [-0.2, 0) is 10.0 Å². The number of halogens is 1. The lowest BCUT2D eigenvalue weighted by atomic mass is 10.2. The van der Waals surface area contributed by atoms with Crippen LogP contribution in [0.2, 0.25) is 0 Å². The fourth-order valence-electron chi connectivity index (χ4n) is 2.49. The van der Waals surface area contributed by atoms with Crippen molar-refractivity contribution in [1.29, 1.82) is 0 Å². The zero-order valence-corrected chi connectivity index (χ0v) is 13.0. The number of aliphatic hydroxyl groups is 1. The van der Waals surface area contributed by atoms with E-state index >= 15 is 0 Å². The monoisotopic (exact) mass is 337 g/mol. The highest BCUT2D eigenvalue weighted by Gasteiger charge is 2.40. The quantitative estimate of drug-likeness (QED) is 0.921. The second kappa shape index (κ2) is 6.27. The summed E-state index contributed by atoms with van der Waals surface area (Å²) in [6.45, 7) is -0.0781. The summed E-state index contributed by atoms with van der Waals surface area (Å²) in [7, 11) is -3.87. The molecule has 0 bridgehead atoms. The third-order valence-electron chi connectivity index (χ3n) is 3.67. The molecule has 1 aliphatic rings. The average Bonchev–Trinajstić information content (AvgIpc) is 2.90. The highest BCUT2D eigenvalue weighted by molar-refractivity contribution is 7.89. The maximum absolute atomic E-state index is 13.3. The molecule has 1 saturated heterocycles. The fraction of sp³-hybridized carbons (Fsp3) is 0.250. The van der Waals surface area contributed by atoms with Gasteiger partial charge in [0.05, 0.1) is 11.4 Å². The number of hydrogen-bond donors (Lipinski definition) is 1. The molecule has 0 aliphatic carbocycles. The third kappa shape index (κ3) is 3.36. The van der Waals surface area contributed by atoms with Crippen molar-refractivity contribution in [1.82, 2.24) is 4.31 Å². The van der Waals surface area contributed by atoms with E-state index in [1.54, 1.807) is 24.3 Å². The number of ether oxygens (including phenoxy) is 1. The van der Waals surface area contributed by atoms with Crippen molar-refractivity contribution in [3.8, 4) is 5.75 Å². The molecule has 2 aromatic carbocycles. The van der Waals surface area contributed by atoms with Crippen molar-refractivity contribution >= 4 is 10.0 Å². The van der Waals surface area contributed by atoms with E-state index in [-0.39, 0.29) is 18.0 Å². The Morgan fingerprint density at radius 3 is 2.52 bits per heavy atom. The van der Waals surface area contributed by atoms with E-state index in [2.05, 4.69) is 0 Å². The summed E-state index contributed by atoms with van der Waals surface area (Å²) in [5.41, 5.74) is 0. The molecule has 1 N–H and O–H groups in total. The molecule has 122 valence electrons. The molecule has 0 unspecified atom stereocenters. The largest absolute Gasteiger partial charge is 0.486 e. The van der Waals surface area contributed by atoms with Crippen LogP contribution in [0.5, 0.6) is 5.75 Å². The van der Waals surface area contributed by atoms with Gasteiger partial charge in [-0.15, -0.1) is 0 Å². The van der Waals surface area contributed by atoms with Crippen molar-refractivity contribution < 1.29 is 22.7 Å². The van der Waals surface area contributed by atoms with Gasteiger partial charge in [0.25, 0.3) is 0 Å². The summed E-state index contributed by atoms with van der Waals surface area (Å²) >= 11 is 0. The van der Waals surface area contributed by atoms with Gasteiger partial charge in [-0.1, -0.05) is 24.3 Å². The minimum atomic E-state index is -3.87. The third-order valence-corrected chi connectivity index (χ3v) is 5.50. The van der Waals surface area contributed by atoms with Crippen molar-refractivity contribution in [3.63, 3.8) is 0 Å². The first-order valence-electron chi connectivity index (χ1n) is 7.12.